The van der Waals surface area contributed by atoms with Crippen LogP contribution in [-0.2, 0) is 11.2 Å². The molecule has 0 spiro atoms. The Kier molecular flexibility index (Phi) is 4.63. The fourth-order valence-corrected chi connectivity index (χ4v) is 2.90. The molecule has 1 heterocycles. The highest BCUT2D eigenvalue weighted by atomic mass is 16.5. The maximum Gasteiger partial charge on any atom is 0.0834 e. The molecule has 1 saturated carbocycles. The maximum atomic E-state index is 5.78. The van der Waals surface area contributed by atoms with Crippen LogP contribution < -0.4 is 5.32 Å². The summed E-state index contributed by atoms with van der Waals surface area (Å²) in [5.74, 6) is 0. The third-order valence-corrected chi connectivity index (χ3v) is 4.71. The van der Waals surface area contributed by atoms with Crippen molar-refractivity contribution in [3.05, 3.63) is 18.0 Å². The molecule has 2 unspecified atom stereocenters. The Morgan fingerprint density at radius 2 is 2.26 bits per heavy atom. The van der Waals surface area contributed by atoms with Crippen molar-refractivity contribution in [3.8, 4) is 0 Å². The van der Waals surface area contributed by atoms with E-state index in [1.807, 2.05) is 14.2 Å². The molecule has 0 bridgehead atoms. The second-order valence-corrected chi connectivity index (χ2v) is 5.71. The fourth-order valence-electron chi connectivity index (χ4n) is 2.90. The zero-order chi connectivity index (χ0) is 13.9. The molecule has 0 amide bonds. The molecule has 2 rings (SSSR count). The lowest BCUT2D eigenvalue weighted by atomic mass is 9.73. The van der Waals surface area contributed by atoms with Gasteiger partial charge < -0.3 is 10.1 Å². The minimum Gasteiger partial charge on any atom is -0.377 e. The van der Waals surface area contributed by atoms with Crippen molar-refractivity contribution in [1.82, 2.24) is 15.1 Å². The molecule has 19 heavy (non-hydrogen) atoms. The summed E-state index contributed by atoms with van der Waals surface area (Å²) in [4.78, 5) is 0. The molecule has 1 aliphatic rings. The van der Waals surface area contributed by atoms with Crippen LogP contribution in [0, 0.1) is 0 Å². The summed E-state index contributed by atoms with van der Waals surface area (Å²) >= 11 is 0. The quantitative estimate of drug-likeness (QED) is 0.823. The molecule has 1 aromatic heterocycles. The van der Waals surface area contributed by atoms with Crippen molar-refractivity contribution in [2.45, 2.75) is 63.6 Å². The number of likely N-dealkylation sites (N-methyl/N-ethyl adjacent to an activating group) is 1. The lowest BCUT2D eigenvalue weighted by molar-refractivity contribution is -0.0968. The highest BCUT2D eigenvalue weighted by molar-refractivity contribution is 5.08. The van der Waals surface area contributed by atoms with Gasteiger partial charge in [-0.05, 0) is 45.7 Å². The fraction of sp³-hybridized carbons (Fsp3) is 0.800. The normalized spacial score (nSPS) is 20.8. The Bertz CT molecular complexity index is 392. The van der Waals surface area contributed by atoms with Crippen LogP contribution in [0.25, 0.3) is 0 Å². The van der Waals surface area contributed by atoms with Crippen molar-refractivity contribution in [2.24, 2.45) is 0 Å². The Morgan fingerprint density at radius 3 is 2.74 bits per heavy atom. The molecule has 0 radical (unpaired) electrons. The highest BCUT2D eigenvalue weighted by Gasteiger charge is 2.43. The Hall–Kier alpha value is -0.870. The van der Waals surface area contributed by atoms with Crippen molar-refractivity contribution >= 4 is 0 Å². The lowest BCUT2D eigenvalue weighted by Crippen LogP contribution is -2.56. The van der Waals surface area contributed by atoms with E-state index in [1.165, 1.54) is 6.42 Å². The first-order valence-electron chi connectivity index (χ1n) is 7.41. The summed E-state index contributed by atoms with van der Waals surface area (Å²) in [5.41, 5.74) is 1.18. The number of nitrogens with one attached hydrogen (secondary N) is 1. The van der Waals surface area contributed by atoms with Crippen LogP contribution in [0.1, 0.15) is 51.3 Å². The van der Waals surface area contributed by atoms with Gasteiger partial charge in [-0.1, -0.05) is 6.92 Å². The average Bonchev–Trinajstić information content (AvgIpc) is 2.84. The standard InChI is InChI=1S/C15H27N3O/c1-5-12(2)18-10-7-13(17-18)11-14(16-3)15(19-4)8-6-9-15/h7,10,12,14,16H,5-6,8-9,11H2,1-4H3. The van der Waals surface area contributed by atoms with Crippen LogP contribution in [0.15, 0.2) is 12.3 Å². The van der Waals surface area contributed by atoms with Crippen LogP contribution >= 0.6 is 0 Å². The van der Waals surface area contributed by atoms with Crippen LogP contribution in [0.2, 0.25) is 0 Å². The van der Waals surface area contributed by atoms with Crippen molar-refractivity contribution in [3.63, 3.8) is 0 Å². The second-order valence-electron chi connectivity index (χ2n) is 5.71. The van der Waals surface area contributed by atoms with Gasteiger partial charge in [0.05, 0.1) is 11.3 Å². The minimum absolute atomic E-state index is 0.0227. The third-order valence-electron chi connectivity index (χ3n) is 4.71. The largest absolute Gasteiger partial charge is 0.377 e. The molecular formula is C15H27N3O. The zero-order valence-electron chi connectivity index (χ0n) is 12.6. The molecule has 0 aliphatic heterocycles. The van der Waals surface area contributed by atoms with Crippen LogP contribution in [-0.4, -0.2) is 35.6 Å². The summed E-state index contributed by atoms with van der Waals surface area (Å²) in [6.07, 6.45) is 7.72. The number of ether oxygens (including phenoxy) is 1. The predicted molar refractivity (Wildman–Crippen MR) is 77.4 cm³/mol. The Morgan fingerprint density at radius 1 is 1.53 bits per heavy atom. The summed E-state index contributed by atoms with van der Waals surface area (Å²) in [6.45, 7) is 4.39. The summed E-state index contributed by atoms with van der Waals surface area (Å²) in [5, 5.41) is 8.12. The first-order valence-corrected chi connectivity index (χ1v) is 7.41. The number of rotatable bonds is 7. The number of nitrogens with zero attached hydrogens (tertiary/aromatic N) is 2. The van der Waals surface area contributed by atoms with Crippen LogP contribution in [0.4, 0.5) is 0 Å². The molecule has 1 N–H and O–H groups in total. The molecule has 0 saturated heterocycles. The monoisotopic (exact) mass is 265 g/mol. The van der Waals surface area contributed by atoms with Gasteiger partial charge in [-0.15, -0.1) is 0 Å². The van der Waals surface area contributed by atoms with Crippen LogP contribution in [0.3, 0.4) is 0 Å². The van der Waals surface area contributed by atoms with E-state index in [-0.39, 0.29) is 5.60 Å². The molecule has 2 atom stereocenters. The van der Waals surface area contributed by atoms with Gasteiger partial charge in [0.1, 0.15) is 0 Å². The molecule has 4 heteroatoms. The minimum atomic E-state index is 0.0227. The number of aromatic nitrogens is 2. The van der Waals surface area contributed by atoms with E-state index < -0.39 is 0 Å². The van der Waals surface area contributed by atoms with E-state index in [0.29, 0.717) is 12.1 Å². The van der Waals surface area contributed by atoms with E-state index in [4.69, 9.17) is 9.84 Å². The van der Waals surface area contributed by atoms with Gasteiger partial charge in [-0.3, -0.25) is 4.68 Å². The SMILES string of the molecule is CCC(C)n1ccc(CC(NC)C2(OC)CCC2)n1. The van der Waals surface area contributed by atoms with Gasteiger partial charge in [0.2, 0.25) is 0 Å². The second kappa shape index (κ2) is 6.06. The molecule has 1 aromatic rings. The Balaban J connectivity index is 2.04. The lowest BCUT2D eigenvalue weighted by Gasteiger charge is -2.46. The van der Waals surface area contributed by atoms with Gasteiger partial charge in [0, 0.05) is 31.8 Å². The summed E-state index contributed by atoms with van der Waals surface area (Å²) in [6, 6.07) is 2.96. The van der Waals surface area contributed by atoms with E-state index in [1.54, 1.807) is 0 Å². The van der Waals surface area contributed by atoms with Gasteiger partial charge in [0.15, 0.2) is 0 Å². The van der Waals surface area contributed by atoms with Crippen molar-refractivity contribution in [1.29, 1.82) is 0 Å². The highest BCUT2D eigenvalue weighted by Crippen LogP contribution is 2.39. The summed E-state index contributed by atoms with van der Waals surface area (Å²) < 4.78 is 7.85. The van der Waals surface area contributed by atoms with Gasteiger partial charge in [-0.2, -0.15) is 5.10 Å². The van der Waals surface area contributed by atoms with Crippen molar-refractivity contribution in [2.75, 3.05) is 14.2 Å². The number of hydrogen-bond acceptors (Lipinski definition) is 3. The van der Waals surface area contributed by atoms with E-state index in [0.717, 1.165) is 31.4 Å². The smallest absolute Gasteiger partial charge is 0.0834 e. The maximum absolute atomic E-state index is 5.78. The average molecular weight is 265 g/mol. The molecule has 1 fully saturated rings. The zero-order valence-corrected chi connectivity index (χ0v) is 12.6. The number of methoxy groups -OCH3 is 1. The van der Waals surface area contributed by atoms with E-state index >= 15 is 0 Å². The topological polar surface area (TPSA) is 39.1 Å². The molecular weight excluding hydrogens is 238 g/mol. The number of hydrogen-bond donors (Lipinski definition) is 1. The van der Waals surface area contributed by atoms with Gasteiger partial charge in [-0.25, -0.2) is 0 Å². The summed E-state index contributed by atoms with van der Waals surface area (Å²) in [7, 11) is 3.86. The predicted octanol–water partition coefficient (Wildman–Crippen LogP) is 2.55. The molecule has 1 aliphatic carbocycles. The van der Waals surface area contributed by atoms with Gasteiger partial charge in [0.25, 0.3) is 0 Å². The first kappa shape index (κ1) is 14.5. The van der Waals surface area contributed by atoms with E-state index in [9.17, 15) is 0 Å². The van der Waals surface area contributed by atoms with E-state index in [2.05, 4.69) is 36.1 Å². The van der Waals surface area contributed by atoms with Gasteiger partial charge >= 0.3 is 0 Å². The molecule has 108 valence electrons. The molecule has 4 nitrogen and oxygen atoms in total. The Labute approximate surface area is 116 Å². The van der Waals surface area contributed by atoms with Crippen molar-refractivity contribution < 1.29 is 4.74 Å². The first-order chi connectivity index (χ1) is 9.15. The molecule has 0 aromatic carbocycles. The third kappa shape index (κ3) is 2.84. The van der Waals surface area contributed by atoms with Crippen LogP contribution in [0.5, 0.6) is 0 Å².